The average Bonchev–Trinajstić information content (AvgIpc) is 2.90. The molecule has 29 heavy (non-hydrogen) atoms. The second kappa shape index (κ2) is 7.06. The Bertz CT molecular complexity index is 901. The van der Waals surface area contributed by atoms with Crippen LogP contribution in [0.25, 0.3) is 0 Å². The van der Waals surface area contributed by atoms with Crippen molar-refractivity contribution in [2.75, 3.05) is 17.2 Å². The van der Waals surface area contributed by atoms with Crippen LogP contribution in [0.3, 0.4) is 0 Å². The van der Waals surface area contributed by atoms with Gasteiger partial charge in [-0.15, -0.1) is 0 Å². The second-order valence-corrected chi connectivity index (χ2v) is 7.95. The molecule has 5 amide bonds. The minimum absolute atomic E-state index is 0.0346. The molecule has 2 heterocycles. The summed E-state index contributed by atoms with van der Waals surface area (Å²) in [6.07, 6.45) is 2.78. The van der Waals surface area contributed by atoms with Gasteiger partial charge < -0.3 is 20.7 Å². The van der Waals surface area contributed by atoms with Gasteiger partial charge in [0.2, 0.25) is 5.91 Å². The van der Waals surface area contributed by atoms with E-state index in [0.717, 1.165) is 24.2 Å². The van der Waals surface area contributed by atoms with Crippen LogP contribution in [0.4, 0.5) is 16.2 Å². The lowest BCUT2D eigenvalue weighted by Crippen LogP contribution is -2.54. The second-order valence-electron chi connectivity index (χ2n) is 7.95. The number of amides is 5. The van der Waals surface area contributed by atoms with Crippen LogP contribution in [-0.2, 0) is 14.4 Å². The van der Waals surface area contributed by atoms with Crippen LogP contribution in [0, 0.1) is 5.92 Å². The summed E-state index contributed by atoms with van der Waals surface area (Å²) in [4.78, 5) is 50.6. The van der Waals surface area contributed by atoms with Crippen LogP contribution in [0.2, 0.25) is 0 Å². The lowest BCUT2D eigenvalue weighted by Gasteiger charge is -2.36. The molecule has 9 heteroatoms. The first-order valence-corrected chi connectivity index (χ1v) is 9.86. The van der Waals surface area contributed by atoms with Gasteiger partial charge in [0.15, 0.2) is 6.10 Å². The Morgan fingerprint density at radius 1 is 1.28 bits per heavy atom. The molecule has 4 rings (SSSR count). The SMILES string of the molecule is CC1Oc2ccc(NC(=O)CN3C(=O)NC4(CCCCC4C)C3=O)cc2NC1=O. The summed E-state index contributed by atoms with van der Waals surface area (Å²) in [6, 6.07) is 4.33. The lowest BCUT2D eigenvalue weighted by atomic mass is 9.73. The summed E-state index contributed by atoms with van der Waals surface area (Å²) in [5.41, 5.74) is -0.00407. The minimum atomic E-state index is -0.889. The van der Waals surface area contributed by atoms with E-state index >= 15 is 0 Å². The number of benzene rings is 1. The van der Waals surface area contributed by atoms with Crippen molar-refractivity contribution in [3.05, 3.63) is 18.2 Å². The highest BCUT2D eigenvalue weighted by Crippen LogP contribution is 2.38. The molecule has 0 aromatic heterocycles. The van der Waals surface area contributed by atoms with Gasteiger partial charge in [0.05, 0.1) is 5.69 Å². The third-order valence-corrected chi connectivity index (χ3v) is 6.00. The zero-order valence-corrected chi connectivity index (χ0v) is 16.4. The van der Waals surface area contributed by atoms with Crippen LogP contribution < -0.4 is 20.7 Å². The van der Waals surface area contributed by atoms with Crippen LogP contribution in [-0.4, -0.2) is 46.8 Å². The molecular weight excluding hydrogens is 376 g/mol. The monoisotopic (exact) mass is 400 g/mol. The van der Waals surface area contributed by atoms with Gasteiger partial charge >= 0.3 is 6.03 Å². The Morgan fingerprint density at radius 3 is 2.83 bits per heavy atom. The van der Waals surface area contributed by atoms with E-state index in [-0.39, 0.29) is 24.3 Å². The summed E-state index contributed by atoms with van der Waals surface area (Å²) < 4.78 is 5.48. The standard InChI is InChI=1S/C20H24N4O5/c1-11-5-3-4-8-20(11)18(27)24(19(28)23-20)10-16(25)21-13-6-7-15-14(9-13)22-17(26)12(2)29-15/h6-7,9,11-12H,3-5,8,10H2,1-2H3,(H,21,25)(H,22,26)(H,23,28). The first-order chi connectivity index (χ1) is 13.8. The fraction of sp³-hybridized carbons (Fsp3) is 0.500. The number of nitrogens with one attached hydrogen (secondary N) is 3. The zero-order valence-electron chi connectivity index (χ0n) is 16.4. The summed E-state index contributed by atoms with van der Waals surface area (Å²) in [6.45, 7) is 3.24. The molecule has 2 fully saturated rings. The fourth-order valence-electron chi connectivity index (χ4n) is 4.27. The van der Waals surface area contributed by atoms with E-state index in [9.17, 15) is 19.2 Å². The number of rotatable bonds is 3. The van der Waals surface area contributed by atoms with Gasteiger partial charge in [0.25, 0.3) is 11.8 Å². The molecule has 0 radical (unpaired) electrons. The maximum atomic E-state index is 12.9. The largest absolute Gasteiger partial charge is 0.479 e. The molecule has 1 saturated carbocycles. The lowest BCUT2D eigenvalue weighted by molar-refractivity contribution is -0.136. The van der Waals surface area contributed by atoms with E-state index in [1.807, 2.05) is 6.92 Å². The first-order valence-electron chi connectivity index (χ1n) is 9.86. The third kappa shape index (κ3) is 3.30. The van der Waals surface area contributed by atoms with Gasteiger partial charge in [0, 0.05) is 5.69 Å². The Morgan fingerprint density at radius 2 is 2.07 bits per heavy atom. The molecule has 1 aromatic carbocycles. The number of nitrogens with zero attached hydrogens (tertiary/aromatic N) is 1. The predicted octanol–water partition coefficient (Wildman–Crippen LogP) is 1.85. The Labute approximate surface area is 168 Å². The molecule has 1 saturated heterocycles. The highest BCUT2D eigenvalue weighted by molar-refractivity contribution is 6.10. The average molecular weight is 400 g/mol. The third-order valence-electron chi connectivity index (χ3n) is 6.00. The van der Waals surface area contributed by atoms with Gasteiger partial charge in [-0.3, -0.25) is 19.3 Å². The molecule has 9 nitrogen and oxygen atoms in total. The van der Waals surface area contributed by atoms with Crippen molar-refractivity contribution in [1.29, 1.82) is 0 Å². The van der Waals surface area contributed by atoms with Gasteiger partial charge in [-0.1, -0.05) is 19.8 Å². The molecule has 3 N–H and O–H groups in total. The number of hydrogen-bond acceptors (Lipinski definition) is 5. The number of urea groups is 1. The predicted molar refractivity (Wildman–Crippen MR) is 104 cm³/mol. The smallest absolute Gasteiger partial charge is 0.325 e. The molecule has 1 aromatic rings. The van der Waals surface area contributed by atoms with E-state index in [1.165, 1.54) is 0 Å². The van der Waals surface area contributed by atoms with Crippen LogP contribution in [0.5, 0.6) is 5.75 Å². The van der Waals surface area contributed by atoms with Crippen molar-refractivity contribution in [2.24, 2.45) is 5.92 Å². The normalized spacial score (nSPS) is 28.5. The number of carbonyl (C=O) groups is 4. The fourth-order valence-corrected chi connectivity index (χ4v) is 4.27. The van der Waals surface area contributed by atoms with Crippen molar-refractivity contribution in [1.82, 2.24) is 10.2 Å². The number of carbonyl (C=O) groups excluding carboxylic acids is 4. The minimum Gasteiger partial charge on any atom is -0.479 e. The maximum absolute atomic E-state index is 12.9. The van der Waals surface area contributed by atoms with E-state index in [0.29, 0.717) is 23.5 Å². The maximum Gasteiger partial charge on any atom is 0.325 e. The van der Waals surface area contributed by atoms with Crippen molar-refractivity contribution in [2.45, 2.75) is 51.2 Å². The summed E-state index contributed by atoms with van der Waals surface area (Å²) >= 11 is 0. The molecule has 2 aliphatic heterocycles. The van der Waals surface area contributed by atoms with Gasteiger partial charge in [-0.25, -0.2) is 4.79 Å². The van der Waals surface area contributed by atoms with Crippen LogP contribution in [0.15, 0.2) is 18.2 Å². The topological polar surface area (TPSA) is 117 Å². The molecule has 1 spiro atoms. The number of anilines is 2. The summed E-state index contributed by atoms with van der Waals surface area (Å²) in [5.74, 6) is -0.549. The van der Waals surface area contributed by atoms with E-state index in [2.05, 4.69) is 16.0 Å². The van der Waals surface area contributed by atoms with Crippen molar-refractivity contribution in [3.8, 4) is 5.75 Å². The molecule has 3 atom stereocenters. The van der Waals surface area contributed by atoms with Crippen molar-refractivity contribution < 1.29 is 23.9 Å². The highest BCUT2D eigenvalue weighted by atomic mass is 16.5. The van der Waals surface area contributed by atoms with E-state index in [4.69, 9.17) is 4.74 Å². The molecule has 0 bridgehead atoms. The molecule has 3 aliphatic rings. The Balaban J connectivity index is 1.44. The Kier molecular flexibility index (Phi) is 4.68. The summed E-state index contributed by atoms with van der Waals surface area (Å²) in [5, 5.41) is 8.21. The summed E-state index contributed by atoms with van der Waals surface area (Å²) in [7, 11) is 0. The molecule has 3 unspecified atom stereocenters. The molecule has 1 aliphatic carbocycles. The number of fused-ring (bicyclic) bond motifs is 1. The quantitative estimate of drug-likeness (QED) is 0.670. The van der Waals surface area contributed by atoms with E-state index < -0.39 is 23.6 Å². The number of hydrogen-bond donors (Lipinski definition) is 3. The van der Waals surface area contributed by atoms with E-state index in [1.54, 1.807) is 25.1 Å². The zero-order chi connectivity index (χ0) is 20.8. The van der Waals surface area contributed by atoms with Gasteiger partial charge in [0.1, 0.15) is 17.8 Å². The Hall–Kier alpha value is -3.10. The first kappa shape index (κ1) is 19.2. The van der Waals surface area contributed by atoms with Gasteiger partial charge in [-0.2, -0.15) is 0 Å². The number of imide groups is 1. The van der Waals surface area contributed by atoms with Crippen LogP contribution >= 0.6 is 0 Å². The highest BCUT2D eigenvalue weighted by Gasteiger charge is 2.55. The van der Waals surface area contributed by atoms with Crippen molar-refractivity contribution >= 4 is 35.1 Å². The van der Waals surface area contributed by atoms with Crippen LogP contribution in [0.1, 0.15) is 39.5 Å². The number of ether oxygens (including phenoxy) is 1. The van der Waals surface area contributed by atoms with Gasteiger partial charge in [-0.05, 0) is 43.9 Å². The van der Waals surface area contributed by atoms with Crippen molar-refractivity contribution in [3.63, 3.8) is 0 Å². The molecular formula is C20H24N4O5. The molecule has 154 valence electrons.